The van der Waals surface area contributed by atoms with Crippen LogP contribution in [0.15, 0.2) is 28.7 Å². The third-order valence-corrected chi connectivity index (χ3v) is 5.39. The van der Waals surface area contributed by atoms with Crippen LogP contribution in [-0.2, 0) is 5.60 Å². The third kappa shape index (κ3) is 2.61. The zero-order valence-corrected chi connectivity index (χ0v) is 13.2. The Morgan fingerprint density at radius 2 is 2.00 bits per heavy atom. The van der Waals surface area contributed by atoms with Gasteiger partial charge >= 0.3 is 0 Å². The molecule has 1 unspecified atom stereocenters. The van der Waals surface area contributed by atoms with Gasteiger partial charge in [0.15, 0.2) is 0 Å². The van der Waals surface area contributed by atoms with Gasteiger partial charge in [0.2, 0.25) is 0 Å². The maximum Gasteiger partial charge on any atom is 0.0962 e. The Bertz CT molecular complexity index is 429. The summed E-state index contributed by atoms with van der Waals surface area (Å²) in [5.74, 6) is 0. The van der Waals surface area contributed by atoms with Gasteiger partial charge in [0, 0.05) is 16.4 Å². The molecule has 1 saturated carbocycles. The van der Waals surface area contributed by atoms with Crippen LogP contribution < -0.4 is 5.73 Å². The first-order chi connectivity index (χ1) is 9.08. The van der Waals surface area contributed by atoms with Crippen molar-refractivity contribution in [3.8, 4) is 0 Å². The molecule has 3 N–H and O–H groups in total. The fourth-order valence-electron chi connectivity index (χ4n) is 3.65. The van der Waals surface area contributed by atoms with E-state index >= 15 is 0 Å². The summed E-state index contributed by atoms with van der Waals surface area (Å²) in [6.07, 6.45) is 6.38. The molecule has 2 nitrogen and oxygen atoms in total. The molecule has 1 aromatic rings. The molecular formula is C16H24BrNO. The maximum absolute atomic E-state index is 11.4. The molecule has 0 bridgehead atoms. The van der Waals surface area contributed by atoms with Crippen LogP contribution in [0.25, 0.3) is 0 Å². The fourth-order valence-corrected chi connectivity index (χ4v) is 4.05. The standard InChI is InChI=1S/C16H24BrNO/c1-2-16(19,13-7-6-8-14(17)11-13)15(12-18)9-4-3-5-10-15/h6-8,11,19H,2-5,9-10,12,18H2,1H3. The lowest BCUT2D eigenvalue weighted by atomic mass is 9.60. The van der Waals surface area contributed by atoms with E-state index in [4.69, 9.17) is 5.73 Å². The predicted molar refractivity (Wildman–Crippen MR) is 82.9 cm³/mol. The summed E-state index contributed by atoms with van der Waals surface area (Å²) >= 11 is 3.50. The van der Waals surface area contributed by atoms with Gasteiger partial charge in [0.05, 0.1) is 5.60 Å². The lowest BCUT2D eigenvalue weighted by molar-refractivity contribution is -0.109. The summed E-state index contributed by atoms with van der Waals surface area (Å²) in [5.41, 5.74) is 6.12. The highest BCUT2D eigenvalue weighted by molar-refractivity contribution is 9.10. The van der Waals surface area contributed by atoms with Crippen LogP contribution in [0.4, 0.5) is 0 Å². The van der Waals surface area contributed by atoms with Crippen molar-refractivity contribution < 1.29 is 5.11 Å². The SMILES string of the molecule is CCC(O)(c1cccc(Br)c1)C1(CN)CCCCC1. The molecule has 0 aromatic heterocycles. The van der Waals surface area contributed by atoms with E-state index in [0.29, 0.717) is 13.0 Å². The van der Waals surface area contributed by atoms with Crippen molar-refractivity contribution in [3.05, 3.63) is 34.3 Å². The van der Waals surface area contributed by atoms with Crippen LogP contribution in [-0.4, -0.2) is 11.7 Å². The number of hydrogen-bond acceptors (Lipinski definition) is 2. The van der Waals surface area contributed by atoms with Gasteiger partial charge in [-0.3, -0.25) is 0 Å². The minimum atomic E-state index is -0.814. The van der Waals surface area contributed by atoms with Crippen molar-refractivity contribution in [2.75, 3.05) is 6.54 Å². The Hall–Kier alpha value is -0.380. The normalized spacial score (nSPS) is 21.9. The first kappa shape index (κ1) is 15.0. The van der Waals surface area contributed by atoms with Crippen LogP contribution in [0.1, 0.15) is 51.0 Å². The second-order valence-electron chi connectivity index (χ2n) is 5.77. The summed E-state index contributed by atoms with van der Waals surface area (Å²) in [6.45, 7) is 2.62. The van der Waals surface area contributed by atoms with Crippen molar-refractivity contribution in [1.29, 1.82) is 0 Å². The summed E-state index contributed by atoms with van der Waals surface area (Å²) in [5, 5.41) is 11.4. The highest BCUT2D eigenvalue weighted by atomic mass is 79.9. The Morgan fingerprint density at radius 1 is 1.32 bits per heavy atom. The van der Waals surface area contributed by atoms with Crippen LogP contribution in [0.3, 0.4) is 0 Å². The van der Waals surface area contributed by atoms with E-state index in [-0.39, 0.29) is 5.41 Å². The van der Waals surface area contributed by atoms with Crippen LogP contribution in [0.5, 0.6) is 0 Å². The lowest BCUT2D eigenvalue weighted by Gasteiger charge is -2.49. The fraction of sp³-hybridized carbons (Fsp3) is 0.625. The van der Waals surface area contributed by atoms with E-state index in [1.807, 2.05) is 24.3 Å². The summed E-state index contributed by atoms with van der Waals surface area (Å²) in [4.78, 5) is 0. The first-order valence-electron chi connectivity index (χ1n) is 7.26. The molecule has 1 aromatic carbocycles. The third-order valence-electron chi connectivity index (χ3n) is 4.89. The molecule has 19 heavy (non-hydrogen) atoms. The lowest BCUT2D eigenvalue weighted by Crippen LogP contribution is -2.51. The summed E-state index contributed by atoms with van der Waals surface area (Å²) in [7, 11) is 0. The molecule has 0 heterocycles. The quantitative estimate of drug-likeness (QED) is 0.880. The summed E-state index contributed by atoms with van der Waals surface area (Å²) < 4.78 is 1.01. The van der Waals surface area contributed by atoms with Gasteiger partial charge in [-0.2, -0.15) is 0 Å². The monoisotopic (exact) mass is 325 g/mol. The molecule has 0 aliphatic heterocycles. The van der Waals surface area contributed by atoms with Gasteiger partial charge in [-0.25, -0.2) is 0 Å². The van der Waals surface area contributed by atoms with Crippen LogP contribution in [0.2, 0.25) is 0 Å². The molecular weight excluding hydrogens is 302 g/mol. The average molecular weight is 326 g/mol. The number of aliphatic hydroxyl groups is 1. The summed E-state index contributed by atoms with van der Waals surface area (Å²) in [6, 6.07) is 8.05. The van der Waals surface area contributed by atoms with E-state index < -0.39 is 5.60 Å². The number of benzene rings is 1. The average Bonchev–Trinajstić information content (AvgIpc) is 2.47. The van der Waals surface area contributed by atoms with E-state index in [2.05, 4.69) is 22.9 Å². The molecule has 3 heteroatoms. The maximum atomic E-state index is 11.4. The Labute approximate surface area is 124 Å². The molecule has 1 aliphatic carbocycles. The molecule has 1 atom stereocenters. The van der Waals surface area contributed by atoms with Crippen molar-refractivity contribution in [3.63, 3.8) is 0 Å². The molecule has 0 amide bonds. The number of rotatable bonds is 4. The van der Waals surface area contributed by atoms with E-state index in [1.54, 1.807) is 0 Å². The second-order valence-corrected chi connectivity index (χ2v) is 6.68. The van der Waals surface area contributed by atoms with E-state index in [0.717, 1.165) is 22.9 Å². The molecule has 0 spiro atoms. The van der Waals surface area contributed by atoms with E-state index in [1.165, 1.54) is 19.3 Å². The highest BCUT2D eigenvalue weighted by Gasteiger charge is 2.49. The minimum absolute atomic E-state index is 0.166. The first-order valence-corrected chi connectivity index (χ1v) is 8.06. The van der Waals surface area contributed by atoms with Gasteiger partial charge in [0.1, 0.15) is 0 Å². The van der Waals surface area contributed by atoms with Gasteiger partial charge in [0.25, 0.3) is 0 Å². The molecule has 1 aliphatic rings. The number of hydrogen-bond donors (Lipinski definition) is 2. The van der Waals surface area contributed by atoms with Gasteiger partial charge < -0.3 is 10.8 Å². The number of halogens is 1. The second kappa shape index (κ2) is 5.94. The number of nitrogens with two attached hydrogens (primary N) is 1. The molecule has 0 radical (unpaired) electrons. The predicted octanol–water partition coefficient (Wildman–Crippen LogP) is 3.96. The molecule has 106 valence electrons. The highest BCUT2D eigenvalue weighted by Crippen LogP contribution is 2.51. The van der Waals surface area contributed by atoms with Crippen molar-refractivity contribution in [2.24, 2.45) is 11.1 Å². The molecule has 0 saturated heterocycles. The van der Waals surface area contributed by atoms with Gasteiger partial charge in [-0.15, -0.1) is 0 Å². The van der Waals surface area contributed by atoms with Crippen molar-refractivity contribution in [2.45, 2.75) is 51.0 Å². The minimum Gasteiger partial charge on any atom is -0.385 e. The topological polar surface area (TPSA) is 46.2 Å². The zero-order chi connectivity index (χ0) is 13.9. The molecule has 2 rings (SSSR count). The Balaban J connectivity index is 2.45. The largest absolute Gasteiger partial charge is 0.385 e. The van der Waals surface area contributed by atoms with E-state index in [9.17, 15) is 5.11 Å². The zero-order valence-electron chi connectivity index (χ0n) is 11.7. The molecule has 1 fully saturated rings. The van der Waals surface area contributed by atoms with Crippen LogP contribution >= 0.6 is 15.9 Å². The van der Waals surface area contributed by atoms with Gasteiger partial charge in [-0.05, 0) is 37.0 Å². The van der Waals surface area contributed by atoms with Crippen molar-refractivity contribution >= 4 is 15.9 Å². The smallest absolute Gasteiger partial charge is 0.0962 e. The Kier molecular flexibility index (Phi) is 4.70. The Morgan fingerprint density at radius 3 is 2.53 bits per heavy atom. The van der Waals surface area contributed by atoms with Crippen LogP contribution in [0, 0.1) is 5.41 Å². The van der Waals surface area contributed by atoms with Crippen molar-refractivity contribution in [1.82, 2.24) is 0 Å². The van der Waals surface area contributed by atoms with Gasteiger partial charge in [-0.1, -0.05) is 54.2 Å².